The number of nitrogens with one attached hydrogen (secondary N) is 1. The number of methoxy groups -OCH3 is 1. The standard InChI is InChI=1S/C12H19NO2/c1-4-13-12(9(2)14)10-5-7-11(15-3)8-6-10/h5-9,12-14H,4H2,1-3H3/t9-,12+/m0/s1. The molecule has 3 nitrogen and oxygen atoms in total. The lowest BCUT2D eigenvalue weighted by Gasteiger charge is -2.21. The van der Waals surface area contributed by atoms with E-state index in [4.69, 9.17) is 4.74 Å². The molecule has 0 radical (unpaired) electrons. The van der Waals surface area contributed by atoms with Crippen LogP contribution in [0.3, 0.4) is 0 Å². The van der Waals surface area contributed by atoms with Crippen LogP contribution in [-0.4, -0.2) is 24.9 Å². The van der Waals surface area contributed by atoms with Crippen LogP contribution in [0, 0.1) is 0 Å². The third kappa shape index (κ3) is 3.22. The van der Waals surface area contributed by atoms with E-state index in [1.54, 1.807) is 14.0 Å². The molecule has 0 aliphatic rings. The molecule has 0 unspecified atom stereocenters. The SMILES string of the molecule is CCN[C@@H](c1ccc(OC)cc1)[C@H](C)O. The summed E-state index contributed by atoms with van der Waals surface area (Å²) < 4.78 is 5.09. The van der Waals surface area contributed by atoms with Crippen LogP contribution in [0.4, 0.5) is 0 Å². The van der Waals surface area contributed by atoms with Crippen molar-refractivity contribution < 1.29 is 9.84 Å². The Balaban J connectivity index is 2.81. The number of aliphatic hydroxyl groups is 1. The van der Waals surface area contributed by atoms with Crippen LogP contribution in [0.15, 0.2) is 24.3 Å². The van der Waals surface area contributed by atoms with Crippen molar-refractivity contribution >= 4 is 0 Å². The van der Waals surface area contributed by atoms with E-state index in [9.17, 15) is 5.11 Å². The molecule has 0 saturated heterocycles. The molecular formula is C12H19NO2. The second-order valence-electron chi connectivity index (χ2n) is 3.55. The van der Waals surface area contributed by atoms with Gasteiger partial charge in [0.25, 0.3) is 0 Å². The smallest absolute Gasteiger partial charge is 0.118 e. The van der Waals surface area contributed by atoms with Crippen molar-refractivity contribution in [2.45, 2.75) is 26.0 Å². The Bertz CT molecular complexity index is 282. The van der Waals surface area contributed by atoms with Crippen molar-refractivity contribution in [3.05, 3.63) is 29.8 Å². The molecule has 0 saturated carbocycles. The number of hydrogen-bond acceptors (Lipinski definition) is 3. The van der Waals surface area contributed by atoms with Gasteiger partial charge in [-0.2, -0.15) is 0 Å². The van der Waals surface area contributed by atoms with E-state index in [2.05, 4.69) is 5.32 Å². The first-order valence-corrected chi connectivity index (χ1v) is 5.24. The molecule has 0 amide bonds. The molecule has 2 atom stereocenters. The summed E-state index contributed by atoms with van der Waals surface area (Å²) in [5, 5.41) is 12.9. The second kappa shape index (κ2) is 5.73. The van der Waals surface area contributed by atoms with E-state index in [-0.39, 0.29) is 6.04 Å². The maximum atomic E-state index is 9.63. The molecule has 84 valence electrons. The third-order valence-electron chi connectivity index (χ3n) is 2.38. The molecule has 0 aliphatic heterocycles. The van der Waals surface area contributed by atoms with Crippen molar-refractivity contribution in [3.8, 4) is 5.75 Å². The quantitative estimate of drug-likeness (QED) is 0.776. The molecule has 0 spiro atoms. The Labute approximate surface area is 91.1 Å². The van der Waals surface area contributed by atoms with E-state index in [0.717, 1.165) is 17.9 Å². The Morgan fingerprint density at radius 2 is 1.93 bits per heavy atom. The average Bonchev–Trinajstić information content (AvgIpc) is 2.26. The van der Waals surface area contributed by atoms with Crippen molar-refractivity contribution in [1.29, 1.82) is 0 Å². The van der Waals surface area contributed by atoms with Gasteiger partial charge in [0.2, 0.25) is 0 Å². The Morgan fingerprint density at radius 1 is 1.33 bits per heavy atom. The van der Waals surface area contributed by atoms with E-state index in [1.165, 1.54) is 0 Å². The van der Waals surface area contributed by atoms with Crippen LogP contribution >= 0.6 is 0 Å². The monoisotopic (exact) mass is 209 g/mol. The number of rotatable bonds is 5. The van der Waals surface area contributed by atoms with Crippen LogP contribution in [0.2, 0.25) is 0 Å². The molecule has 15 heavy (non-hydrogen) atoms. The highest BCUT2D eigenvalue weighted by molar-refractivity contribution is 5.29. The molecule has 1 aromatic rings. The van der Waals surface area contributed by atoms with Crippen molar-refractivity contribution in [2.75, 3.05) is 13.7 Å². The molecule has 0 fully saturated rings. The van der Waals surface area contributed by atoms with Crippen LogP contribution < -0.4 is 10.1 Å². The fourth-order valence-corrected chi connectivity index (χ4v) is 1.60. The van der Waals surface area contributed by atoms with Crippen LogP contribution in [0.1, 0.15) is 25.5 Å². The molecule has 0 heterocycles. The normalized spacial score (nSPS) is 14.7. The van der Waals surface area contributed by atoms with Crippen LogP contribution in [0.25, 0.3) is 0 Å². The van der Waals surface area contributed by atoms with Crippen LogP contribution in [-0.2, 0) is 0 Å². The lowest BCUT2D eigenvalue weighted by Crippen LogP contribution is -2.29. The van der Waals surface area contributed by atoms with E-state index < -0.39 is 6.10 Å². The van der Waals surface area contributed by atoms with E-state index >= 15 is 0 Å². The summed E-state index contributed by atoms with van der Waals surface area (Å²) >= 11 is 0. The first-order chi connectivity index (χ1) is 7.19. The van der Waals surface area contributed by atoms with E-state index in [1.807, 2.05) is 31.2 Å². The highest BCUT2D eigenvalue weighted by Gasteiger charge is 2.15. The first kappa shape index (κ1) is 12.0. The summed E-state index contributed by atoms with van der Waals surface area (Å²) in [5.74, 6) is 0.833. The topological polar surface area (TPSA) is 41.5 Å². The number of benzene rings is 1. The highest BCUT2D eigenvalue weighted by atomic mass is 16.5. The molecule has 0 aliphatic carbocycles. The number of aliphatic hydroxyl groups excluding tert-OH is 1. The molecule has 3 heteroatoms. The second-order valence-corrected chi connectivity index (χ2v) is 3.55. The van der Waals surface area contributed by atoms with Gasteiger partial charge in [-0.3, -0.25) is 0 Å². The van der Waals surface area contributed by atoms with Gasteiger partial charge in [0.05, 0.1) is 19.3 Å². The van der Waals surface area contributed by atoms with Crippen LogP contribution in [0.5, 0.6) is 5.75 Å². The Morgan fingerprint density at radius 3 is 2.33 bits per heavy atom. The zero-order valence-corrected chi connectivity index (χ0v) is 9.53. The minimum Gasteiger partial charge on any atom is -0.497 e. The molecule has 1 rings (SSSR count). The van der Waals surface area contributed by atoms with Gasteiger partial charge in [0.15, 0.2) is 0 Å². The Kier molecular flexibility index (Phi) is 4.59. The predicted molar refractivity (Wildman–Crippen MR) is 61.1 cm³/mol. The summed E-state index contributed by atoms with van der Waals surface area (Å²) in [6.45, 7) is 4.65. The first-order valence-electron chi connectivity index (χ1n) is 5.24. The fraction of sp³-hybridized carbons (Fsp3) is 0.500. The fourth-order valence-electron chi connectivity index (χ4n) is 1.60. The zero-order chi connectivity index (χ0) is 11.3. The largest absolute Gasteiger partial charge is 0.497 e. The van der Waals surface area contributed by atoms with Crippen molar-refractivity contribution in [1.82, 2.24) is 5.32 Å². The highest BCUT2D eigenvalue weighted by Crippen LogP contribution is 2.20. The molecule has 0 aromatic heterocycles. The molecule has 2 N–H and O–H groups in total. The zero-order valence-electron chi connectivity index (χ0n) is 9.53. The summed E-state index contributed by atoms with van der Waals surface area (Å²) in [6.07, 6.45) is -0.404. The van der Waals surface area contributed by atoms with Gasteiger partial charge in [-0.1, -0.05) is 19.1 Å². The average molecular weight is 209 g/mol. The summed E-state index contributed by atoms with van der Waals surface area (Å²) in [4.78, 5) is 0. The van der Waals surface area contributed by atoms with Gasteiger partial charge in [-0.25, -0.2) is 0 Å². The number of likely N-dealkylation sites (N-methyl/N-ethyl adjacent to an activating group) is 1. The van der Waals surface area contributed by atoms with Gasteiger partial charge in [-0.15, -0.1) is 0 Å². The predicted octanol–water partition coefficient (Wildman–Crippen LogP) is 1.73. The lowest BCUT2D eigenvalue weighted by atomic mass is 10.0. The van der Waals surface area contributed by atoms with Gasteiger partial charge in [0.1, 0.15) is 5.75 Å². The maximum absolute atomic E-state index is 9.63. The van der Waals surface area contributed by atoms with Gasteiger partial charge >= 0.3 is 0 Å². The van der Waals surface area contributed by atoms with Gasteiger partial charge in [-0.05, 0) is 31.2 Å². The molecular weight excluding hydrogens is 190 g/mol. The lowest BCUT2D eigenvalue weighted by molar-refractivity contribution is 0.146. The number of hydrogen-bond donors (Lipinski definition) is 2. The number of ether oxygens (including phenoxy) is 1. The minimum absolute atomic E-state index is 0.0130. The minimum atomic E-state index is -0.404. The van der Waals surface area contributed by atoms with E-state index in [0.29, 0.717) is 0 Å². The summed E-state index contributed by atoms with van der Waals surface area (Å²) in [6, 6.07) is 7.74. The maximum Gasteiger partial charge on any atom is 0.118 e. The molecule has 0 bridgehead atoms. The van der Waals surface area contributed by atoms with Crippen molar-refractivity contribution in [2.24, 2.45) is 0 Å². The summed E-state index contributed by atoms with van der Waals surface area (Å²) in [5.41, 5.74) is 1.08. The Hall–Kier alpha value is -1.06. The van der Waals surface area contributed by atoms with Gasteiger partial charge in [0, 0.05) is 0 Å². The third-order valence-corrected chi connectivity index (χ3v) is 2.38. The van der Waals surface area contributed by atoms with Crippen molar-refractivity contribution in [3.63, 3.8) is 0 Å². The summed E-state index contributed by atoms with van der Waals surface area (Å²) in [7, 11) is 1.64. The van der Waals surface area contributed by atoms with Gasteiger partial charge < -0.3 is 15.2 Å². The molecule has 1 aromatic carbocycles.